The van der Waals surface area contributed by atoms with E-state index in [1.807, 2.05) is 0 Å². The maximum atomic E-state index is 12.9. The van der Waals surface area contributed by atoms with Crippen molar-refractivity contribution < 1.29 is 28.6 Å². The third-order valence-corrected chi connectivity index (χ3v) is 14.2. The number of hydrogen-bond donors (Lipinski definition) is 0. The highest BCUT2D eigenvalue weighted by atomic mass is 16.6. The predicted molar refractivity (Wildman–Crippen MR) is 325 cm³/mol. The fraction of sp³-hybridized carbons (Fsp3) is 0.783. The van der Waals surface area contributed by atoms with E-state index in [9.17, 15) is 14.4 Å². The van der Waals surface area contributed by atoms with Gasteiger partial charge in [0.15, 0.2) is 6.10 Å². The summed E-state index contributed by atoms with van der Waals surface area (Å²) in [5, 5.41) is 0. The highest BCUT2D eigenvalue weighted by molar-refractivity contribution is 5.71. The second-order valence-electron chi connectivity index (χ2n) is 21.7. The van der Waals surface area contributed by atoms with Gasteiger partial charge < -0.3 is 14.2 Å². The molecule has 1 atom stereocenters. The zero-order valence-corrected chi connectivity index (χ0v) is 49.8. The molecule has 0 aromatic carbocycles. The first-order valence-electron chi connectivity index (χ1n) is 32.4. The van der Waals surface area contributed by atoms with Crippen molar-refractivity contribution in [2.24, 2.45) is 0 Å². The molecule has 75 heavy (non-hydrogen) atoms. The van der Waals surface area contributed by atoms with Crippen LogP contribution in [0.4, 0.5) is 0 Å². The Morgan fingerprint density at radius 3 is 0.813 bits per heavy atom. The van der Waals surface area contributed by atoms with Crippen LogP contribution in [-0.2, 0) is 28.6 Å². The summed E-state index contributed by atoms with van der Waals surface area (Å²) < 4.78 is 16.9. The molecule has 0 radical (unpaired) electrons. The molecule has 0 fully saturated rings. The lowest BCUT2D eigenvalue weighted by Gasteiger charge is -2.18. The van der Waals surface area contributed by atoms with Crippen molar-refractivity contribution in [3.8, 4) is 0 Å². The van der Waals surface area contributed by atoms with Gasteiger partial charge in [0.05, 0.1) is 0 Å². The molecule has 0 heterocycles. The molecular formula is C69H122O6. The topological polar surface area (TPSA) is 78.9 Å². The van der Waals surface area contributed by atoms with Crippen molar-refractivity contribution in [1.82, 2.24) is 0 Å². The van der Waals surface area contributed by atoms with E-state index in [0.29, 0.717) is 19.3 Å². The monoisotopic (exact) mass is 1050 g/mol. The quantitative estimate of drug-likeness (QED) is 0.0261. The normalized spacial score (nSPS) is 12.5. The molecule has 0 bridgehead atoms. The summed E-state index contributed by atoms with van der Waals surface area (Å²) in [4.78, 5) is 38.3. The largest absolute Gasteiger partial charge is 0.462 e. The standard InChI is InChI=1S/C69H122O6/c1-4-7-10-13-16-19-22-25-28-29-30-31-32-33-34-35-36-37-38-39-42-44-47-50-53-56-59-62-68(71)74-65-66(75-69(72)63-60-57-54-51-48-45-41-27-24-21-18-15-12-9-6-3)64-73-67(70)61-58-55-52-49-46-43-40-26-23-20-17-14-11-8-5-2/h7,10,16,19,25,28,30-31,33-34,36-37,66H,4-6,8-9,11-15,17-18,20-24,26-27,29,32,35,38-65H2,1-3H3/b10-7-,19-16-,28-25-,31-30-,34-33-,37-36-. The predicted octanol–water partition coefficient (Wildman–Crippen LogP) is 22.1. The summed E-state index contributed by atoms with van der Waals surface area (Å²) in [6.07, 6.45) is 81.9. The number of hydrogen-bond acceptors (Lipinski definition) is 6. The Bertz CT molecular complexity index is 1390. The molecule has 1 unspecified atom stereocenters. The number of ether oxygens (including phenoxy) is 3. The van der Waals surface area contributed by atoms with Gasteiger partial charge in [-0.15, -0.1) is 0 Å². The van der Waals surface area contributed by atoms with Crippen LogP contribution in [0.1, 0.15) is 329 Å². The summed E-state index contributed by atoms with van der Waals surface area (Å²) in [7, 11) is 0. The molecule has 0 aliphatic heterocycles. The van der Waals surface area contributed by atoms with Crippen molar-refractivity contribution >= 4 is 17.9 Å². The molecule has 0 spiro atoms. The molecule has 0 saturated carbocycles. The van der Waals surface area contributed by atoms with E-state index < -0.39 is 6.10 Å². The van der Waals surface area contributed by atoms with E-state index in [0.717, 1.165) is 103 Å². The van der Waals surface area contributed by atoms with Gasteiger partial charge in [0, 0.05) is 19.3 Å². The molecule has 0 aliphatic rings. The van der Waals surface area contributed by atoms with Crippen LogP contribution >= 0.6 is 0 Å². The van der Waals surface area contributed by atoms with Crippen LogP contribution in [0.2, 0.25) is 0 Å². The first kappa shape index (κ1) is 71.8. The van der Waals surface area contributed by atoms with Gasteiger partial charge in [-0.25, -0.2) is 0 Å². The molecule has 434 valence electrons. The molecule has 0 aliphatic carbocycles. The molecule has 0 saturated heterocycles. The zero-order chi connectivity index (χ0) is 54.3. The number of allylic oxidation sites excluding steroid dienone is 12. The number of esters is 3. The molecule has 6 heteroatoms. The lowest BCUT2D eigenvalue weighted by Crippen LogP contribution is -2.30. The van der Waals surface area contributed by atoms with Crippen LogP contribution in [-0.4, -0.2) is 37.2 Å². The van der Waals surface area contributed by atoms with Gasteiger partial charge in [0.2, 0.25) is 0 Å². The Morgan fingerprint density at radius 2 is 0.520 bits per heavy atom. The number of rotatable bonds is 59. The van der Waals surface area contributed by atoms with E-state index in [2.05, 4.69) is 93.7 Å². The van der Waals surface area contributed by atoms with E-state index >= 15 is 0 Å². The van der Waals surface area contributed by atoms with Crippen LogP contribution in [0, 0.1) is 0 Å². The van der Waals surface area contributed by atoms with Gasteiger partial charge in [-0.1, -0.05) is 312 Å². The average molecular weight is 1050 g/mol. The zero-order valence-electron chi connectivity index (χ0n) is 49.8. The fourth-order valence-electron chi connectivity index (χ4n) is 9.39. The van der Waals surface area contributed by atoms with E-state index in [1.54, 1.807) is 0 Å². The second-order valence-corrected chi connectivity index (χ2v) is 21.7. The van der Waals surface area contributed by atoms with Crippen LogP contribution in [0.3, 0.4) is 0 Å². The average Bonchev–Trinajstić information content (AvgIpc) is 3.41. The van der Waals surface area contributed by atoms with E-state index in [4.69, 9.17) is 14.2 Å². The van der Waals surface area contributed by atoms with Gasteiger partial charge in [-0.2, -0.15) is 0 Å². The Kier molecular flexibility index (Phi) is 60.7. The molecule has 0 aromatic heterocycles. The Balaban J connectivity index is 4.30. The molecule has 0 amide bonds. The summed E-state index contributed by atoms with van der Waals surface area (Å²) in [6, 6.07) is 0. The molecule has 6 nitrogen and oxygen atoms in total. The molecule has 0 aromatic rings. The van der Waals surface area contributed by atoms with Gasteiger partial charge in [0.1, 0.15) is 13.2 Å². The number of carbonyl (C=O) groups is 3. The second kappa shape index (κ2) is 63.4. The maximum Gasteiger partial charge on any atom is 0.306 e. The van der Waals surface area contributed by atoms with Crippen molar-refractivity contribution in [3.63, 3.8) is 0 Å². The Labute approximate surface area is 465 Å². The minimum absolute atomic E-state index is 0.0726. The van der Waals surface area contributed by atoms with Gasteiger partial charge in [-0.3, -0.25) is 14.4 Å². The fourth-order valence-corrected chi connectivity index (χ4v) is 9.39. The van der Waals surface area contributed by atoms with Gasteiger partial charge in [-0.05, 0) is 70.6 Å². The minimum atomic E-state index is -0.776. The van der Waals surface area contributed by atoms with Crippen LogP contribution in [0.5, 0.6) is 0 Å². The molecule has 0 N–H and O–H groups in total. The van der Waals surface area contributed by atoms with Crippen LogP contribution in [0.25, 0.3) is 0 Å². The Hall–Kier alpha value is -3.15. The first-order valence-corrected chi connectivity index (χ1v) is 32.4. The minimum Gasteiger partial charge on any atom is -0.462 e. The van der Waals surface area contributed by atoms with Gasteiger partial charge in [0.25, 0.3) is 0 Å². The maximum absolute atomic E-state index is 12.9. The highest BCUT2D eigenvalue weighted by Crippen LogP contribution is 2.17. The van der Waals surface area contributed by atoms with Crippen molar-refractivity contribution in [3.05, 3.63) is 72.9 Å². The van der Waals surface area contributed by atoms with Crippen LogP contribution in [0.15, 0.2) is 72.9 Å². The lowest BCUT2D eigenvalue weighted by atomic mass is 10.0. The third-order valence-electron chi connectivity index (χ3n) is 14.2. The van der Waals surface area contributed by atoms with Gasteiger partial charge >= 0.3 is 17.9 Å². The Morgan fingerprint density at radius 1 is 0.280 bits per heavy atom. The van der Waals surface area contributed by atoms with Crippen LogP contribution < -0.4 is 0 Å². The summed E-state index contributed by atoms with van der Waals surface area (Å²) in [5.41, 5.74) is 0. The smallest absolute Gasteiger partial charge is 0.306 e. The molecule has 0 rings (SSSR count). The third kappa shape index (κ3) is 61.6. The summed E-state index contributed by atoms with van der Waals surface area (Å²) >= 11 is 0. The highest BCUT2D eigenvalue weighted by Gasteiger charge is 2.19. The van der Waals surface area contributed by atoms with E-state index in [1.165, 1.54) is 186 Å². The summed E-state index contributed by atoms with van der Waals surface area (Å²) in [5.74, 6) is -0.862. The SMILES string of the molecule is CC/C=C\C/C=C\C/C=C\C/C=C\C/C=C\C/C=C\CCCCCCCCCCC(=O)OCC(COC(=O)CCCCCCCCCCCCCCCCC)OC(=O)CCCCCCCCCCCCCCCCC. The van der Waals surface area contributed by atoms with E-state index in [-0.39, 0.29) is 31.1 Å². The first-order chi connectivity index (χ1) is 37.0. The van der Waals surface area contributed by atoms with Crippen molar-refractivity contribution in [2.75, 3.05) is 13.2 Å². The number of carbonyl (C=O) groups excluding carboxylic acids is 3. The lowest BCUT2D eigenvalue weighted by molar-refractivity contribution is -0.167. The molecular weight excluding hydrogens is 925 g/mol. The van der Waals surface area contributed by atoms with Crippen molar-refractivity contribution in [2.45, 2.75) is 335 Å². The summed E-state index contributed by atoms with van der Waals surface area (Å²) in [6.45, 7) is 6.57. The van der Waals surface area contributed by atoms with Crippen molar-refractivity contribution in [1.29, 1.82) is 0 Å². The number of unbranched alkanes of at least 4 members (excludes halogenated alkanes) is 36.